The summed E-state index contributed by atoms with van der Waals surface area (Å²) in [6.45, 7) is 1.12. The predicted molar refractivity (Wildman–Crippen MR) is 129 cm³/mol. The Morgan fingerprint density at radius 2 is 1.69 bits per heavy atom. The largest absolute Gasteiger partial charge is 0.497 e. The summed E-state index contributed by atoms with van der Waals surface area (Å²) in [6.07, 6.45) is 0.754. The average molecular weight is 507 g/mol. The lowest BCUT2D eigenvalue weighted by Crippen LogP contribution is -2.23. The molecule has 3 rings (SSSR count). The van der Waals surface area contributed by atoms with Gasteiger partial charge >= 0.3 is 0 Å². The lowest BCUT2D eigenvalue weighted by molar-refractivity contribution is 0.314. The van der Waals surface area contributed by atoms with Crippen molar-refractivity contribution in [3.05, 3.63) is 60.7 Å². The lowest BCUT2D eigenvalue weighted by Gasteiger charge is -2.12. The maximum absolute atomic E-state index is 5.98. The number of hydrogen-bond acceptors (Lipinski definition) is 4. The molecule has 0 heterocycles. The number of methoxy groups -OCH3 is 2. The Labute approximate surface area is 188 Å². The Kier molecular flexibility index (Phi) is 8.85. The third kappa shape index (κ3) is 6.42. The van der Waals surface area contributed by atoms with E-state index >= 15 is 0 Å². The van der Waals surface area contributed by atoms with E-state index in [9.17, 15) is 0 Å². The van der Waals surface area contributed by atoms with Gasteiger partial charge in [-0.1, -0.05) is 30.3 Å². The zero-order valence-corrected chi connectivity index (χ0v) is 18.9. The maximum atomic E-state index is 5.98. The minimum absolute atomic E-state index is 0. The van der Waals surface area contributed by atoms with Crippen LogP contribution in [0.25, 0.3) is 10.8 Å². The zero-order chi connectivity index (χ0) is 19.8. The molecule has 3 aromatic rings. The second-order valence-corrected chi connectivity index (χ2v) is 6.17. The molecule has 0 radical (unpaired) electrons. The van der Waals surface area contributed by atoms with Gasteiger partial charge in [0.15, 0.2) is 5.96 Å². The molecule has 0 aliphatic rings. The van der Waals surface area contributed by atoms with E-state index in [1.54, 1.807) is 14.2 Å². The van der Waals surface area contributed by atoms with Crippen molar-refractivity contribution in [2.75, 3.05) is 32.7 Å². The molecule has 3 aromatic carbocycles. The van der Waals surface area contributed by atoms with Crippen molar-refractivity contribution >= 4 is 46.4 Å². The van der Waals surface area contributed by atoms with E-state index in [1.807, 2.05) is 42.5 Å². The second kappa shape index (κ2) is 11.4. The van der Waals surface area contributed by atoms with E-state index in [-0.39, 0.29) is 24.0 Å². The fourth-order valence-electron chi connectivity index (χ4n) is 2.80. The van der Waals surface area contributed by atoms with Crippen LogP contribution in [0.4, 0.5) is 5.69 Å². The van der Waals surface area contributed by atoms with Gasteiger partial charge in [-0.05, 0) is 35.0 Å². The number of nitrogens with zero attached hydrogens (tertiary/aromatic N) is 1. The van der Waals surface area contributed by atoms with Crippen LogP contribution in [0.1, 0.15) is 6.42 Å². The molecular formula is C22H26IN3O3. The van der Waals surface area contributed by atoms with Crippen LogP contribution in [0.5, 0.6) is 17.2 Å². The molecule has 3 N–H and O–H groups in total. The Morgan fingerprint density at radius 3 is 2.45 bits per heavy atom. The number of nitrogens with one attached hydrogen (secondary N) is 1. The van der Waals surface area contributed by atoms with Gasteiger partial charge in [0.25, 0.3) is 0 Å². The van der Waals surface area contributed by atoms with Crippen LogP contribution in [0.15, 0.2) is 65.7 Å². The summed E-state index contributed by atoms with van der Waals surface area (Å²) < 4.78 is 16.4. The molecule has 6 nitrogen and oxygen atoms in total. The minimum atomic E-state index is 0. The van der Waals surface area contributed by atoms with Gasteiger partial charge in [-0.15, -0.1) is 24.0 Å². The quantitative estimate of drug-likeness (QED) is 0.201. The van der Waals surface area contributed by atoms with Crippen LogP contribution < -0.4 is 25.3 Å². The van der Waals surface area contributed by atoms with Crippen LogP contribution >= 0.6 is 24.0 Å². The van der Waals surface area contributed by atoms with E-state index in [2.05, 4.69) is 28.5 Å². The Balaban J connectivity index is 0.00000300. The van der Waals surface area contributed by atoms with Gasteiger partial charge < -0.3 is 25.3 Å². The maximum Gasteiger partial charge on any atom is 0.193 e. The first kappa shape index (κ1) is 22.6. The fourth-order valence-corrected chi connectivity index (χ4v) is 2.80. The first-order chi connectivity index (χ1) is 13.7. The Hall–Kier alpha value is -2.68. The van der Waals surface area contributed by atoms with Gasteiger partial charge in [0.1, 0.15) is 17.2 Å². The van der Waals surface area contributed by atoms with Crippen molar-refractivity contribution in [2.45, 2.75) is 6.42 Å². The number of ether oxygens (including phenoxy) is 3. The van der Waals surface area contributed by atoms with Gasteiger partial charge in [-0.25, -0.2) is 0 Å². The van der Waals surface area contributed by atoms with Crippen LogP contribution in [0, 0.1) is 0 Å². The summed E-state index contributed by atoms with van der Waals surface area (Å²) in [7, 11) is 3.21. The summed E-state index contributed by atoms with van der Waals surface area (Å²) in [6, 6.07) is 19.7. The minimum Gasteiger partial charge on any atom is -0.497 e. The molecule has 0 spiro atoms. The molecule has 7 heteroatoms. The number of hydrogen-bond donors (Lipinski definition) is 2. The highest BCUT2D eigenvalue weighted by Gasteiger charge is 2.06. The molecule has 29 heavy (non-hydrogen) atoms. The normalized spacial score (nSPS) is 10.9. The van der Waals surface area contributed by atoms with Crippen LogP contribution in [0.3, 0.4) is 0 Å². The molecule has 0 bridgehead atoms. The van der Waals surface area contributed by atoms with Crippen LogP contribution in [-0.4, -0.2) is 33.3 Å². The predicted octanol–water partition coefficient (Wildman–Crippen LogP) is 4.67. The summed E-state index contributed by atoms with van der Waals surface area (Å²) in [5.41, 5.74) is 6.68. The second-order valence-electron chi connectivity index (χ2n) is 6.17. The van der Waals surface area contributed by atoms with Gasteiger partial charge in [-0.2, -0.15) is 0 Å². The highest BCUT2D eigenvalue weighted by Crippen LogP contribution is 2.28. The number of aliphatic imine (C=N–C) groups is 1. The van der Waals surface area contributed by atoms with E-state index in [4.69, 9.17) is 19.9 Å². The van der Waals surface area contributed by atoms with Gasteiger partial charge in [0.2, 0.25) is 0 Å². The molecular weight excluding hydrogens is 481 g/mol. The fraction of sp³-hybridized carbons (Fsp3) is 0.227. The first-order valence-corrected chi connectivity index (χ1v) is 9.10. The highest BCUT2D eigenvalue weighted by atomic mass is 127. The van der Waals surface area contributed by atoms with Crippen molar-refractivity contribution in [1.82, 2.24) is 0 Å². The SMILES string of the molecule is COc1ccc(OC)c(NC(N)=NCCCOc2ccc3ccccc3c2)c1.I. The Bertz CT molecular complexity index is 963. The smallest absolute Gasteiger partial charge is 0.193 e. The van der Waals surface area contributed by atoms with E-state index < -0.39 is 0 Å². The van der Waals surface area contributed by atoms with E-state index in [0.29, 0.717) is 36.3 Å². The number of fused-ring (bicyclic) bond motifs is 1. The highest BCUT2D eigenvalue weighted by molar-refractivity contribution is 14.0. The number of rotatable bonds is 8. The summed E-state index contributed by atoms with van der Waals surface area (Å²) in [5.74, 6) is 2.55. The standard InChI is InChI=1S/C22H25N3O3.HI/c1-26-18-10-11-21(27-2)20(15-18)25-22(23)24-12-5-13-28-19-9-8-16-6-3-4-7-17(16)14-19;/h3-4,6-11,14-15H,5,12-13H2,1-2H3,(H3,23,24,25);1H. The average Bonchev–Trinajstić information content (AvgIpc) is 2.73. The molecule has 0 saturated heterocycles. The third-order valence-electron chi connectivity index (χ3n) is 4.24. The molecule has 0 aliphatic heterocycles. The van der Waals surface area contributed by atoms with Gasteiger partial charge in [0.05, 0.1) is 26.5 Å². The third-order valence-corrected chi connectivity index (χ3v) is 4.24. The number of nitrogens with two attached hydrogens (primary N) is 1. The summed E-state index contributed by atoms with van der Waals surface area (Å²) in [4.78, 5) is 4.34. The van der Waals surface area contributed by atoms with Crippen molar-refractivity contribution in [3.63, 3.8) is 0 Å². The molecule has 0 unspecified atom stereocenters. The molecule has 0 aliphatic carbocycles. The van der Waals surface area contributed by atoms with E-state index in [1.165, 1.54) is 10.8 Å². The number of halogens is 1. The number of guanidine groups is 1. The zero-order valence-electron chi connectivity index (χ0n) is 16.6. The van der Waals surface area contributed by atoms with Gasteiger partial charge in [0, 0.05) is 19.0 Å². The molecule has 0 amide bonds. The van der Waals surface area contributed by atoms with Gasteiger partial charge in [-0.3, -0.25) is 4.99 Å². The topological polar surface area (TPSA) is 78.1 Å². The molecule has 0 atom stereocenters. The molecule has 0 fully saturated rings. The monoisotopic (exact) mass is 507 g/mol. The van der Waals surface area contributed by atoms with Crippen LogP contribution in [0.2, 0.25) is 0 Å². The lowest BCUT2D eigenvalue weighted by atomic mass is 10.1. The molecule has 0 saturated carbocycles. The van der Waals surface area contributed by atoms with Crippen molar-refractivity contribution in [2.24, 2.45) is 10.7 Å². The summed E-state index contributed by atoms with van der Waals surface area (Å²) >= 11 is 0. The Morgan fingerprint density at radius 1 is 0.931 bits per heavy atom. The van der Waals surface area contributed by atoms with Crippen LogP contribution in [-0.2, 0) is 0 Å². The van der Waals surface area contributed by atoms with E-state index in [0.717, 1.165) is 12.2 Å². The first-order valence-electron chi connectivity index (χ1n) is 9.10. The summed E-state index contributed by atoms with van der Waals surface area (Å²) in [5, 5.41) is 5.41. The van der Waals surface area contributed by atoms with Crippen molar-refractivity contribution in [1.29, 1.82) is 0 Å². The number of benzene rings is 3. The molecule has 154 valence electrons. The molecule has 0 aromatic heterocycles. The van der Waals surface area contributed by atoms with Crippen molar-refractivity contribution in [3.8, 4) is 17.2 Å². The van der Waals surface area contributed by atoms with Crippen molar-refractivity contribution < 1.29 is 14.2 Å². The number of anilines is 1.